The van der Waals surface area contributed by atoms with Crippen LogP contribution in [0.15, 0.2) is 63.6 Å². The van der Waals surface area contributed by atoms with Gasteiger partial charge in [-0.2, -0.15) is 5.26 Å². The van der Waals surface area contributed by atoms with Gasteiger partial charge in [0.1, 0.15) is 0 Å². The van der Waals surface area contributed by atoms with E-state index in [0.717, 1.165) is 21.8 Å². The Hall–Kier alpha value is -2.27. The topological polar surface area (TPSA) is 82.0 Å². The molecule has 3 rings (SSSR count). The Morgan fingerprint density at radius 1 is 1.29 bits per heavy atom. The summed E-state index contributed by atoms with van der Waals surface area (Å²) in [5.41, 5.74) is 1.81. The van der Waals surface area contributed by atoms with Crippen LogP contribution in [-0.4, -0.2) is 17.6 Å². The van der Waals surface area contributed by atoms with E-state index >= 15 is 0 Å². The van der Waals surface area contributed by atoms with Gasteiger partial charge >= 0.3 is 0 Å². The zero-order valence-corrected chi connectivity index (χ0v) is 17.7. The number of nitriles is 1. The second-order valence-corrected chi connectivity index (χ2v) is 8.33. The summed E-state index contributed by atoms with van der Waals surface area (Å²) < 4.78 is 0.916. The van der Waals surface area contributed by atoms with Crippen LogP contribution < -0.4 is 10.6 Å². The molecule has 2 N–H and O–H groups in total. The van der Waals surface area contributed by atoms with Crippen molar-refractivity contribution in [3.8, 4) is 6.07 Å². The fraction of sp³-hybridized carbons (Fsp3) is 0.150. The third-order valence-corrected chi connectivity index (χ3v) is 6.00. The maximum Gasteiger partial charge on any atom is 0.234 e. The average Bonchev–Trinajstić information content (AvgIpc) is 2.68. The van der Waals surface area contributed by atoms with Gasteiger partial charge in [-0.05, 0) is 35.9 Å². The molecule has 1 heterocycles. The van der Waals surface area contributed by atoms with Gasteiger partial charge < -0.3 is 10.6 Å². The molecule has 5 nitrogen and oxygen atoms in total. The number of rotatable bonds is 5. The Kier molecular flexibility index (Phi) is 6.79. The lowest BCUT2D eigenvalue weighted by Crippen LogP contribution is -2.31. The number of benzene rings is 2. The Balaban J connectivity index is 1.76. The van der Waals surface area contributed by atoms with E-state index < -0.39 is 5.92 Å². The Morgan fingerprint density at radius 3 is 2.68 bits per heavy atom. The molecule has 142 valence electrons. The largest absolute Gasteiger partial charge is 0.325 e. The molecule has 1 atom stereocenters. The van der Waals surface area contributed by atoms with E-state index in [-0.39, 0.29) is 24.0 Å². The van der Waals surface area contributed by atoms with Crippen molar-refractivity contribution in [3.63, 3.8) is 0 Å². The van der Waals surface area contributed by atoms with Crippen LogP contribution >= 0.6 is 39.3 Å². The number of allylic oxidation sites excluding steroid dienone is 1. The minimum atomic E-state index is -0.426. The molecule has 8 heteroatoms. The third kappa shape index (κ3) is 4.96. The zero-order valence-electron chi connectivity index (χ0n) is 14.5. The van der Waals surface area contributed by atoms with E-state index in [4.69, 9.17) is 11.6 Å². The van der Waals surface area contributed by atoms with Gasteiger partial charge in [-0.15, -0.1) is 0 Å². The zero-order chi connectivity index (χ0) is 20.1. The molecule has 2 amide bonds. The smallest absolute Gasteiger partial charge is 0.234 e. The van der Waals surface area contributed by atoms with Crippen molar-refractivity contribution in [1.29, 1.82) is 5.26 Å². The normalized spacial score (nSPS) is 16.3. The summed E-state index contributed by atoms with van der Waals surface area (Å²) in [7, 11) is 0. The van der Waals surface area contributed by atoms with E-state index in [1.807, 2.05) is 24.3 Å². The lowest BCUT2D eigenvalue weighted by Gasteiger charge is -2.25. The highest BCUT2D eigenvalue weighted by Gasteiger charge is 2.31. The van der Waals surface area contributed by atoms with Crippen LogP contribution in [0.3, 0.4) is 0 Å². The number of thioether (sulfide) groups is 1. The van der Waals surface area contributed by atoms with Crippen molar-refractivity contribution in [2.75, 3.05) is 11.1 Å². The van der Waals surface area contributed by atoms with Crippen LogP contribution in [0.1, 0.15) is 17.9 Å². The predicted octanol–water partition coefficient (Wildman–Crippen LogP) is 4.81. The van der Waals surface area contributed by atoms with Gasteiger partial charge in [0.25, 0.3) is 0 Å². The highest BCUT2D eigenvalue weighted by Crippen LogP contribution is 2.38. The molecule has 0 unspecified atom stereocenters. The summed E-state index contributed by atoms with van der Waals surface area (Å²) in [5.74, 6) is -0.804. The molecule has 28 heavy (non-hydrogen) atoms. The summed E-state index contributed by atoms with van der Waals surface area (Å²) in [4.78, 5) is 24.4. The molecule has 0 bridgehead atoms. The first-order chi connectivity index (χ1) is 13.5. The molecule has 0 spiro atoms. The summed E-state index contributed by atoms with van der Waals surface area (Å²) >= 11 is 10.7. The SMILES string of the molecule is N#CC1=C(SCC(=O)Nc2ccc(Br)cc2)NC(=O)C[C@@H]1c1ccccc1Cl. The molecule has 0 aliphatic carbocycles. The summed E-state index contributed by atoms with van der Waals surface area (Å²) in [6.07, 6.45) is 0.141. The molecule has 2 aromatic rings. The summed E-state index contributed by atoms with van der Waals surface area (Å²) in [5, 5.41) is 16.1. The maximum absolute atomic E-state index is 12.2. The number of hydrogen-bond donors (Lipinski definition) is 2. The van der Waals surface area contributed by atoms with Crippen molar-refractivity contribution in [2.45, 2.75) is 12.3 Å². The van der Waals surface area contributed by atoms with Crippen LogP contribution in [0.5, 0.6) is 0 Å². The predicted molar refractivity (Wildman–Crippen MR) is 115 cm³/mol. The number of carbonyl (C=O) groups is 2. The van der Waals surface area contributed by atoms with Crippen LogP contribution in [0, 0.1) is 11.3 Å². The Labute approximate surface area is 180 Å². The molecule has 0 saturated heterocycles. The molecule has 1 aliphatic rings. The average molecular weight is 477 g/mol. The quantitative estimate of drug-likeness (QED) is 0.648. The lowest BCUT2D eigenvalue weighted by molar-refractivity contribution is -0.121. The molecule has 0 radical (unpaired) electrons. The molecule has 0 fully saturated rings. The Bertz CT molecular complexity index is 986. The van der Waals surface area contributed by atoms with E-state index in [1.165, 1.54) is 0 Å². The standard InChI is InChI=1S/C20H15BrClN3O2S/c21-12-5-7-13(8-6-12)24-19(27)11-28-20-16(10-23)15(9-18(26)25-20)14-3-1-2-4-17(14)22/h1-8,15H,9,11H2,(H,24,27)(H,25,26)/t15-/m1/s1. The first-order valence-electron chi connectivity index (χ1n) is 8.34. The number of anilines is 1. The maximum atomic E-state index is 12.2. The minimum Gasteiger partial charge on any atom is -0.325 e. The monoisotopic (exact) mass is 475 g/mol. The van der Waals surface area contributed by atoms with E-state index in [1.54, 1.807) is 24.3 Å². The van der Waals surface area contributed by atoms with E-state index in [2.05, 4.69) is 32.6 Å². The number of halogens is 2. The summed E-state index contributed by atoms with van der Waals surface area (Å²) in [6.45, 7) is 0. The van der Waals surface area contributed by atoms with Gasteiger partial charge in [0, 0.05) is 27.5 Å². The Morgan fingerprint density at radius 2 is 2.00 bits per heavy atom. The van der Waals surface area contributed by atoms with Gasteiger partial charge in [0.05, 0.1) is 22.4 Å². The number of hydrogen-bond acceptors (Lipinski definition) is 4. The van der Waals surface area contributed by atoms with Crippen molar-refractivity contribution in [1.82, 2.24) is 5.32 Å². The minimum absolute atomic E-state index is 0.0616. The first kappa shape index (κ1) is 20.5. The van der Waals surface area contributed by atoms with Crippen LogP contribution in [0.2, 0.25) is 5.02 Å². The molecule has 0 saturated carbocycles. The fourth-order valence-corrected chi connectivity index (χ4v) is 4.23. The number of carbonyl (C=O) groups excluding carboxylic acids is 2. The van der Waals surface area contributed by atoms with Crippen LogP contribution in [0.25, 0.3) is 0 Å². The molecule has 1 aliphatic heterocycles. The highest BCUT2D eigenvalue weighted by atomic mass is 79.9. The fourth-order valence-electron chi connectivity index (χ4n) is 2.82. The van der Waals surface area contributed by atoms with Gasteiger partial charge in [-0.1, -0.05) is 57.5 Å². The van der Waals surface area contributed by atoms with Crippen molar-refractivity contribution < 1.29 is 9.59 Å². The van der Waals surface area contributed by atoms with E-state index in [9.17, 15) is 14.9 Å². The number of amides is 2. The number of nitrogens with zero attached hydrogens (tertiary/aromatic N) is 1. The molecule has 0 aromatic heterocycles. The van der Waals surface area contributed by atoms with Gasteiger partial charge in [-0.25, -0.2) is 0 Å². The third-order valence-electron chi connectivity index (χ3n) is 4.11. The van der Waals surface area contributed by atoms with Crippen molar-refractivity contribution in [2.24, 2.45) is 0 Å². The first-order valence-corrected chi connectivity index (χ1v) is 10.5. The van der Waals surface area contributed by atoms with Crippen LogP contribution in [-0.2, 0) is 9.59 Å². The van der Waals surface area contributed by atoms with Gasteiger partial charge in [0.15, 0.2) is 0 Å². The second-order valence-electron chi connectivity index (χ2n) is 6.02. The molecular weight excluding hydrogens is 462 g/mol. The van der Waals surface area contributed by atoms with Gasteiger partial charge in [-0.3, -0.25) is 9.59 Å². The van der Waals surface area contributed by atoms with Crippen molar-refractivity contribution >= 4 is 56.8 Å². The lowest BCUT2D eigenvalue weighted by atomic mass is 9.87. The van der Waals surface area contributed by atoms with E-state index in [0.29, 0.717) is 21.3 Å². The van der Waals surface area contributed by atoms with Crippen molar-refractivity contribution in [3.05, 3.63) is 74.2 Å². The second kappa shape index (κ2) is 9.28. The number of nitrogens with one attached hydrogen (secondary N) is 2. The van der Waals surface area contributed by atoms with Gasteiger partial charge in [0.2, 0.25) is 11.8 Å². The molecular formula is C20H15BrClN3O2S. The molecule has 2 aromatic carbocycles. The summed E-state index contributed by atoms with van der Waals surface area (Å²) in [6, 6.07) is 16.6. The highest BCUT2D eigenvalue weighted by molar-refractivity contribution is 9.10. The van der Waals surface area contributed by atoms with Crippen LogP contribution in [0.4, 0.5) is 5.69 Å².